The molecule has 0 bridgehead atoms. The standard InChI is InChI=1S/C26H24ClN3O3/c1-17-7-2-4-10-20(17)25(32)21-13-12-19(15-22(21)27)28-23-11-5-3-8-18(23)9-6-14-30-16-24(31)29-26(30)33/h2-5,7-8,10-13,15,28H,6,9,14,16H2,1H3,(H,29,31,33). The molecule has 0 atom stereocenters. The van der Waals surface area contributed by atoms with E-state index >= 15 is 0 Å². The van der Waals surface area contributed by atoms with Gasteiger partial charge in [-0.1, -0.05) is 54.1 Å². The fraction of sp³-hybridized carbons (Fsp3) is 0.192. The summed E-state index contributed by atoms with van der Waals surface area (Å²) in [4.78, 5) is 37.5. The van der Waals surface area contributed by atoms with Crippen LogP contribution < -0.4 is 10.6 Å². The first-order valence-electron chi connectivity index (χ1n) is 10.8. The molecule has 6 nitrogen and oxygen atoms in total. The van der Waals surface area contributed by atoms with Gasteiger partial charge in [-0.05, 0) is 55.2 Å². The van der Waals surface area contributed by atoms with Crippen LogP contribution in [0.25, 0.3) is 0 Å². The Morgan fingerprint density at radius 1 is 1.03 bits per heavy atom. The Labute approximate surface area is 197 Å². The maximum absolute atomic E-state index is 12.9. The van der Waals surface area contributed by atoms with Crippen LogP contribution in [0, 0.1) is 6.92 Å². The van der Waals surface area contributed by atoms with E-state index in [1.165, 1.54) is 4.90 Å². The topological polar surface area (TPSA) is 78.5 Å². The van der Waals surface area contributed by atoms with E-state index in [1.807, 2.05) is 55.5 Å². The van der Waals surface area contributed by atoms with E-state index in [2.05, 4.69) is 10.6 Å². The maximum atomic E-state index is 12.9. The second kappa shape index (κ2) is 9.88. The lowest BCUT2D eigenvalue weighted by Gasteiger charge is -2.15. The molecular formula is C26H24ClN3O3. The number of anilines is 2. The molecule has 2 N–H and O–H groups in total. The Balaban J connectivity index is 1.44. The van der Waals surface area contributed by atoms with Gasteiger partial charge in [0.1, 0.15) is 6.54 Å². The number of imide groups is 1. The molecule has 0 saturated carbocycles. The molecule has 3 amide bonds. The third-order valence-corrected chi connectivity index (χ3v) is 5.95. The molecular weight excluding hydrogens is 438 g/mol. The molecule has 33 heavy (non-hydrogen) atoms. The Morgan fingerprint density at radius 3 is 2.52 bits per heavy atom. The van der Waals surface area contributed by atoms with Gasteiger partial charge in [-0.3, -0.25) is 14.9 Å². The Hall–Kier alpha value is -3.64. The predicted molar refractivity (Wildman–Crippen MR) is 129 cm³/mol. The number of urea groups is 1. The summed E-state index contributed by atoms with van der Waals surface area (Å²) in [7, 11) is 0. The molecule has 3 aromatic rings. The number of para-hydroxylation sites is 1. The van der Waals surface area contributed by atoms with Gasteiger partial charge in [0.05, 0.1) is 5.02 Å². The van der Waals surface area contributed by atoms with Gasteiger partial charge in [0, 0.05) is 29.0 Å². The lowest BCUT2D eigenvalue weighted by Crippen LogP contribution is -2.29. The zero-order valence-electron chi connectivity index (χ0n) is 18.2. The second-order valence-corrected chi connectivity index (χ2v) is 8.41. The lowest BCUT2D eigenvalue weighted by atomic mass is 9.99. The first-order valence-corrected chi connectivity index (χ1v) is 11.1. The highest BCUT2D eigenvalue weighted by atomic mass is 35.5. The quantitative estimate of drug-likeness (QED) is 0.361. The van der Waals surface area contributed by atoms with Gasteiger partial charge in [0.25, 0.3) is 0 Å². The lowest BCUT2D eigenvalue weighted by molar-refractivity contribution is -0.118. The van der Waals surface area contributed by atoms with Crippen LogP contribution in [-0.2, 0) is 11.2 Å². The van der Waals surface area contributed by atoms with E-state index < -0.39 is 0 Å². The summed E-state index contributed by atoms with van der Waals surface area (Å²) < 4.78 is 0. The Bertz CT molecular complexity index is 1220. The van der Waals surface area contributed by atoms with E-state index in [0.717, 1.165) is 35.3 Å². The second-order valence-electron chi connectivity index (χ2n) is 8.00. The highest BCUT2D eigenvalue weighted by Crippen LogP contribution is 2.28. The van der Waals surface area contributed by atoms with Crippen LogP contribution in [0.4, 0.5) is 16.2 Å². The minimum absolute atomic E-state index is 0.102. The average Bonchev–Trinajstić information content (AvgIpc) is 3.12. The van der Waals surface area contributed by atoms with Crippen molar-refractivity contribution in [2.75, 3.05) is 18.4 Å². The molecule has 4 rings (SSSR count). The van der Waals surface area contributed by atoms with Gasteiger partial charge < -0.3 is 10.2 Å². The van der Waals surface area contributed by atoms with Crippen LogP contribution in [0.3, 0.4) is 0 Å². The number of amides is 3. The van der Waals surface area contributed by atoms with Crippen LogP contribution in [0.1, 0.15) is 33.5 Å². The van der Waals surface area contributed by atoms with Gasteiger partial charge in [0.15, 0.2) is 5.78 Å². The highest BCUT2D eigenvalue weighted by Gasteiger charge is 2.25. The van der Waals surface area contributed by atoms with Crippen molar-refractivity contribution >= 4 is 40.7 Å². The molecule has 1 aliphatic rings. The van der Waals surface area contributed by atoms with E-state index in [-0.39, 0.29) is 24.3 Å². The SMILES string of the molecule is Cc1ccccc1C(=O)c1ccc(Nc2ccccc2CCCN2CC(=O)NC2=O)cc1Cl. The van der Waals surface area contributed by atoms with Gasteiger partial charge >= 0.3 is 6.03 Å². The molecule has 3 aromatic carbocycles. The van der Waals surface area contributed by atoms with Crippen molar-refractivity contribution in [3.8, 4) is 0 Å². The van der Waals surface area contributed by atoms with E-state index in [9.17, 15) is 14.4 Å². The summed E-state index contributed by atoms with van der Waals surface area (Å²) in [6, 6.07) is 20.4. The third kappa shape index (κ3) is 5.23. The molecule has 1 saturated heterocycles. The first kappa shape index (κ1) is 22.6. The van der Waals surface area contributed by atoms with Crippen LogP contribution in [0.5, 0.6) is 0 Å². The number of carbonyl (C=O) groups is 3. The number of nitrogens with one attached hydrogen (secondary N) is 2. The first-order chi connectivity index (χ1) is 15.9. The van der Waals surface area contributed by atoms with Crippen molar-refractivity contribution in [1.82, 2.24) is 10.2 Å². The monoisotopic (exact) mass is 461 g/mol. The van der Waals surface area contributed by atoms with Crippen molar-refractivity contribution in [3.05, 3.63) is 94.0 Å². The molecule has 1 heterocycles. The Morgan fingerprint density at radius 2 is 1.79 bits per heavy atom. The van der Waals surface area contributed by atoms with Crippen molar-refractivity contribution in [2.24, 2.45) is 0 Å². The zero-order chi connectivity index (χ0) is 23.4. The molecule has 0 spiro atoms. The maximum Gasteiger partial charge on any atom is 0.324 e. The zero-order valence-corrected chi connectivity index (χ0v) is 19.0. The van der Waals surface area contributed by atoms with E-state index in [1.54, 1.807) is 18.2 Å². The fourth-order valence-electron chi connectivity index (χ4n) is 3.89. The molecule has 7 heteroatoms. The minimum atomic E-state index is -0.332. The summed E-state index contributed by atoms with van der Waals surface area (Å²) in [5, 5.41) is 6.06. The Kier molecular flexibility index (Phi) is 6.75. The summed E-state index contributed by atoms with van der Waals surface area (Å²) in [5.74, 6) is -0.363. The van der Waals surface area contributed by atoms with Gasteiger partial charge in [0.2, 0.25) is 5.91 Å². The number of benzene rings is 3. The number of aryl methyl sites for hydroxylation is 2. The summed E-state index contributed by atoms with van der Waals surface area (Å²) in [6.07, 6.45) is 1.46. The van der Waals surface area contributed by atoms with Crippen LogP contribution >= 0.6 is 11.6 Å². The molecule has 168 valence electrons. The van der Waals surface area contributed by atoms with Crippen molar-refractivity contribution in [2.45, 2.75) is 19.8 Å². The highest BCUT2D eigenvalue weighted by molar-refractivity contribution is 6.35. The normalized spacial score (nSPS) is 13.2. The molecule has 0 radical (unpaired) electrons. The van der Waals surface area contributed by atoms with Gasteiger partial charge in [-0.2, -0.15) is 0 Å². The molecule has 0 unspecified atom stereocenters. The number of nitrogens with zero attached hydrogens (tertiary/aromatic N) is 1. The molecule has 0 aromatic heterocycles. The van der Waals surface area contributed by atoms with E-state index in [0.29, 0.717) is 22.7 Å². The van der Waals surface area contributed by atoms with Gasteiger partial charge in [-0.15, -0.1) is 0 Å². The fourth-order valence-corrected chi connectivity index (χ4v) is 4.16. The smallest absolute Gasteiger partial charge is 0.324 e. The number of halogens is 1. The molecule has 0 aliphatic carbocycles. The molecule has 1 aliphatic heterocycles. The number of carbonyl (C=O) groups excluding carboxylic acids is 3. The van der Waals surface area contributed by atoms with Crippen molar-refractivity contribution in [3.63, 3.8) is 0 Å². The molecule has 1 fully saturated rings. The van der Waals surface area contributed by atoms with Gasteiger partial charge in [-0.25, -0.2) is 4.79 Å². The predicted octanol–water partition coefficient (Wildman–Crippen LogP) is 5.11. The van der Waals surface area contributed by atoms with Crippen LogP contribution in [-0.4, -0.2) is 35.7 Å². The van der Waals surface area contributed by atoms with E-state index in [4.69, 9.17) is 11.6 Å². The third-order valence-electron chi connectivity index (χ3n) is 5.64. The summed E-state index contributed by atoms with van der Waals surface area (Å²) in [5.41, 5.74) is 4.79. The average molecular weight is 462 g/mol. The number of rotatable bonds is 8. The minimum Gasteiger partial charge on any atom is -0.355 e. The summed E-state index contributed by atoms with van der Waals surface area (Å²) in [6.45, 7) is 2.53. The van der Waals surface area contributed by atoms with Crippen LogP contribution in [0.2, 0.25) is 5.02 Å². The van der Waals surface area contributed by atoms with Crippen molar-refractivity contribution in [1.29, 1.82) is 0 Å². The largest absolute Gasteiger partial charge is 0.355 e. The van der Waals surface area contributed by atoms with Crippen LogP contribution in [0.15, 0.2) is 66.7 Å². The summed E-state index contributed by atoms with van der Waals surface area (Å²) >= 11 is 6.48. The number of hydrogen-bond acceptors (Lipinski definition) is 4. The number of ketones is 1. The van der Waals surface area contributed by atoms with Crippen molar-refractivity contribution < 1.29 is 14.4 Å². The number of hydrogen-bond donors (Lipinski definition) is 2.